The first-order chi connectivity index (χ1) is 7.66. The van der Waals surface area contributed by atoms with Gasteiger partial charge in [-0.15, -0.1) is 0 Å². The number of hydrogen-bond donors (Lipinski definition) is 0. The standard InChI is InChI=1S/C13H14FNO/c1-10(14)13(16)15-8-12(9-15)7-11-5-3-2-4-6-11/h2-6,12H,1,7-9H2. The van der Waals surface area contributed by atoms with Crippen LogP contribution >= 0.6 is 0 Å². The molecular formula is C13H14FNO. The second kappa shape index (κ2) is 4.47. The maximum absolute atomic E-state index is 12.5. The molecule has 0 saturated carbocycles. The SMILES string of the molecule is C=C(F)C(=O)N1CC(Cc2ccccc2)C1. The average molecular weight is 219 g/mol. The van der Waals surface area contributed by atoms with Crippen LogP contribution in [0, 0.1) is 5.92 Å². The molecule has 1 saturated heterocycles. The van der Waals surface area contributed by atoms with Crippen LogP contribution in [0.1, 0.15) is 5.56 Å². The molecule has 0 bridgehead atoms. The molecule has 0 aromatic heterocycles. The van der Waals surface area contributed by atoms with E-state index in [0.29, 0.717) is 19.0 Å². The zero-order chi connectivity index (χ0) is 11.5. The van der Waals surface area contributed by atoms with Crippen LogP contribution in [0.5, 0.6) is 0 Å². The predicted octanol–water partition coefficient (Wildman–Crippen LogP) is 2.17. The predicted molar refractivity (Wildman–Crippen MR) is 60.5 cm³/mol. The van der Waals surface area contributed by atoms with E-state index in [1.54, 1.807) is 0 Å². The van der Waals surface area contributed by atoms with Crippen LogP contribution < -0.4 is 0 Å². The van der Waals surface area contributed by atoms with Crippen molar-refractivity contribution >= 4 is 5.91 Å². The van der Waals surface area contributed by atoms with E-state index < -0.39 is 11.7 Å². The van der Waals surface area contributed by atoms with Gasteiger partial charge in [0.05, 0.1) is 0 Å². The van der Waals surface area contributed by atoms with E-state index in [9.17, 15) is 9.18 Å². The maximum Gasteiger partial charge on any atom is 0.281 e. The molecule has 16 heavy (non-hydrogen) atoms. The van der Waals surface area contributed by atoms with Crippen LogP contribution in [0.2, 0.25) is 0 Å². The summed E-state index contributed by atoms with van der Waals surface area (Å²) in [4.78, 5) is 12.7. The van der Waals surface area contributed by atoms with Gasteiger partial charge >= 0.3 is 0 Å². The Bertz CT molecular complexity index is 396. The smallest absolute Gasteiger partial charge is 0.281 e. The highest BCUT2D eigenvalue weighted by molar-refractivity contribution is 5.91. The average Bonchev–Trinajstić information content (AvgIpc) is 2.23. The molecule has 1 aromatic rings. The zero-order valence-electron chi connectivity index (χ0n) is 9.03. The first-order valence-electron chi connectivity index (χ1n) is 5.34. The van der Waals surface area contributed by atoms with E-state index in [2.05, 4.69) is 18.7 Å². The summed E-state index contributed by atoms with van der Waals surface area (Å²) in [5.41, 5.74) is 1.26. The van der Waals surface area contributed by atoms with E-state index in [1.807, 2.05) is 18.2 Å². The van der Waals surface area contributed by atoms with Crippen LogP contribution in [0.3, 0.4) is 0 Å². The number of nitrogens with zero attached hydrogens (tertiary/aromatic N) is 1. The fourth-order valence-corrected chi connectivity index (χ4v) is 1.98. The summed E-state index contributed by atoms with van der Waals surface area (Å²) in [5.74, 6) is -0.979. The second-order valence-corrected chi connectivity index (χ2v) is 4.17. The van der Waals surface area contributed by atoms with Gasteiger partial charge in [0.1, 0.15) is 0 Å². The van der Waals surface area contributed by atoms with Gasteiger partial charge in [-0.05, 0) is 17.9 Å². The first-order valence-corrected chi connectivity index (χ1v) is 5.34. The van der Waals surface area contributed by atoms with Gasteiger partial charge in [0.25, 0.3) is 5.91 Å². The van der Waals surface area contributed by atoms with Crippen molar-refractivity contribution in [1.29, 1.82) is 0 Å². The third-order valence-corrected chi connectivity index (χ3v) is 2.84. The summed E-state index contributed by atoms with van der Waals surface area (Å²) >= 11 is 0. The molecule has 1 heterocycles. The minimum Gasteiger partial charge on any atom is -0.336 e. The lowest BCUT2D eigenvalue weighted by Crippen LogP contribution is -2.50. The number of likely N-dealkylation sites (tertiary alicyclic amines) is 1. The van der Waals surface area contributed by atoms with Crippen LogP contribution in [-0.4, -0.2) is 23.9 Å². The lowest BCUT2D eigenvalue weighted by atomic mass is 9.92. The quantitative estimate of drug-likeness (QED) is 0.713. The maximum atomic E-state index is 12.5. The summed E-state index contributed by atoms with van der Waals surface area (Å²) in [5, 5.41) is 0. The van der Waals surface area contributed by atoms with Crippen LogP contribution in [-0.2, 0) is 11.2 Å². The Morgan fingerprint density at radius 3 is 2.56 bits per heavy atom. The Labute approximate surface area is 94.4 Å². The highest BCUT2D eigenvalue weighted by atomic mass is 19.1. The first kappa shape index (κ1) is 10.9. The van der Waals surface area contributed by atoms with Gasteiger partial charge in [-0.3, -0.25) is 4.79 Å². The Balaban J connectivity index is 1.81. The van der Waals surface area contributed by atoms with E-state index in [0.717, 1.165) is 6.42 Å². The summed E-state index contributed by atoms with van der Waals surface area (Å²) in [7, 11) is 0. The number of carbonyl (C=O) groups excluding carboxylic acids is 1. The molecule has 0 aliphatic carbocycles. The van der Waals surface area contributed by atoms with Crippen LogP contribution in [0.4, 0.5) is 4.39 Å². The summed E-state index contributed by atoms with van der Waals surface area (Å²) < 4.78 is 12.5. The third-order valence-electron chi connectivity index (χ3n) is 2.84. The number of rotatable bonds is 3. The minimum atomic E-state index is -0.863. The van der Waals surface area contributed by atoms with Crippen molar-refractivity contribution in [2.45, 2.75) is 6.42 Å². The Morgan fingerprint density at radius 1 is 1.38 bits per heavy atom. The lowest BCUT2D eigenvalue weighted by Gasteiger charge is -2.39. The van der Waals surface area contributed by atoms with E-state index in [-0.39, 0.29) is 0 Å². The summed E-state index contributed by atoms with van der Waals surface area (Å²) in [6, 6.07) is 10.1. The monoisotopic (exact) mass is 219 g/mol. The van der Waals surface area contributed by atoms with Crippen molar-refractivity contribution < 1.29 is 9.18 Å². The minimum absolute atomic E-state index is 0.450. The molecule has 1 amide bonds. The van der Waals surface area contributed by atoms with Gasteiger partial charge in [-0.2, -0.15) is 0 Å². The Hall–Kier alpha value is -1.64. The molecule has 3 heteroatoms. The van der Waals surface area contributed by atoms with Gasteiger partial charge in [0.15, 0.2) is 5.83 Å². The largest absolute Gasteiger partial charge is 0.336 e. The number of benzene rings is 1. The Kier molecular flexibility index (Phi) is 3.04. The molecule has 1 fully saturated rings. The normalized spacial score (nSPS) is 15.7. The molecule has 84 valence electrons. The molecule has 0 atom stereocenters. The van der Waals surface area contributed by atoms with Crippen molar-refractivity contribution in [2.24, 2.45) is 5.92 Å². The van der Waals surface area contributed by atoms with Gasteiger partial charge in [-0.25, -0.2) is 4.39 Å². The molecule has 0 radical (unpaired) electrons. The second-order valence-electron chi connectivity index (χ2n) is 4.17. The summed E-state index contributed by atoms with van der Waals surface area (Å²) in [6.07, 6.45) is 0.948. The molecule has 2 rings (SSSR count). The van der Waals surface area contributed by atoms with Crippen molar-refractivity contribution in [2.75, 3.05) is 13.1 Å². The topological polar surface area (TPSA) is 20.3 Å². The van der Waals surface area contributed by atoms with Crippen LogP contribution in [0.15, 0.2) is 42.7 Å². The molecule has 0 spiro atoms. The van der Waals surface area contributed by atoms with Crippen LogP contribution in [0.25, 0.3) is 0 Å². The molecule has 1 aromatic carbocycles. The number of carbonyl (C=O) groups is 1. The Morgan fingerprint density at radius 2 is 2.00 bits per heavy atom. The van der Waals surface area contributed by atoms with Gasteiger partial charge < -0.3 is 4.90 Å². The molecule has 1 aliphatic rings. The molecule has 1 aliphatic heterocycles. The highest BCUT2D eigenvalue weighted by Crippen LogP contribution is 2.21. The third kappa shape index (κ3) is 2.30. The highest BCUT2D eigenvalue weighted by Gasteiger charge is 2.31. The van der Waals surface area contributed by atoms with E-state index in [4.69, 9.17) is 0 Å². The van der Waals surface area contributed by atoms with Gasteiger partial charge in [0, 0.05) is 13.1 Å². The fourth-order valence-electron chi connectivity index (χ4n) is 1.98. The van der Waals surface area contributed by atoms with Gasteiger partial charge in [0.2, 0.25) is 0 Å². The number of hydrogen-bond acceptors (Lipinski definition) is 1. The van der Waals surface area contributed by atoms with Gasteiger partial charge in [-0.1, -0.05) is 36.9 Å². The number of halogens is 1. The number of amides is 1. The van der Waals surface area contributed by atoms with Crippen molar-refractivity contribution in [1.82, 2.24) is 4.90 Å². The lowest BCUT2D eigenvalue weighted by molar-refractivity contribution is -0.134. The fraction of sp³-hybridized carbons (Fsp3) is 0.308. The van der Waals surface area contributed by atoms with Crippen molar-refractivity contribution in [3.63, 3.8) is 0 Å². The van der Waals surface area contributed by atoms with Crippen molar-refractivity contribution in [3.05, 3.63) is 48.3 Å². The summed E-state index contributed by atoms with van der Waals surface area (Å²) in [6.45, 7) is 4.28. The zero-order valence-corrected chi connectivity index (χ0v) is 9.03. The molecule has 0 unspecified atom stereocenters. The van der Waals surface area contributed by atoms with E-state index in [1.165, 1.54) is 10.5 Å². The van der Waals surface area contributed by atoms with Crippen molar-refractivity contribution in [3.8, 4) is 0 Å². The molecular weight excluding hydrogens is 205 g/mol. The molecule has 0 N–H and O–H groups in total. The molecule has 2 nitrogen and oxygen atoms in total. The van der Waals surface area contributed by atoms with E-state index >= 15 is 0 Å².